The van der Waals surface area contributed by atoms with Crippen molar-refractivity contribution in [3.8, 4) is 11.4 Å². The molecule has 2 N–H and O–H groups in total. The van der Waals surface area contributed by atoms with Crippen LogP contribution < -0.4 is 16.0 Å². The largest absolute Gasteiger partial charge is 0.504 e. The van der Waals surface area contributed by atoms with Gasteiger partial charge in [-0.25, -0.2) is 0 Å². The zero-order chi connectivity index (χ0) is 25.7. The number of hydrogen-bond donors (Lipinski definition) is 2. The summed E-state index contributed by atoms with van der Waals surface area (Å²) in [6, 6.07) is 20.6. The van der Waals surface area contributed by atoms with Gasteiger partial charge in [-0.05, 0) is 68.7 Å². The van der Waals surface area contributed by atoms with Gasteiger partial charge < -0.3 is 15.0 Å². The molecule has 0 atom stereocenters. The van der Waals surface area contributed by atoms with E-state index in [1.807, 2.05) is 73.3 Å². The van der Waals surface area contributed by atoms with Crippen LogP contribution in [-0.2, 0) is 6.42 Å². The normalized spacial score (nSPS) is 11.0. The molecule has 6 nitrogen and oxygen atoms in total. The summed E-state index contributed by atoms with van der Waals surface area (Å²) in [6.45, 7) is 6.70. The molecule has 2 heterocycles. The first-order valence-electron chi connectivity index (χ1n) is 12.2. The van der Waals surface area contributed by atoms with E-state index in [9.17, 15) is 14.7 Å². The van der Waals surface area contributed by atoms with Crippen molar-refractivity contribution in [1.82, 2.24) is 9.55 Å². The number of aromatic hydroxyl groups is 1. The minimum Gasteiger partial charge on any atom is -0.504 e. The van der Waals surface area contributed by atoms with Crippen molar-refractivity contribution in [2.45, 2.75) is 49.8 Å². The van der Waals surface area contributed by atoms with Gasteiger partial charge in [0.1, 0.15) is 10.6 Å². The molecule has 0 fully saturated rings. The third kappa shape index (κ3) is 5.41. The average molecular weight is 502 g/mol. The highest BCUT2D eigenvalue weighted by Crippen LogP contribution is 2.42. The van der Waals surface area contributed by atoms with E-state index in [0.717, 1.165) is 40.4 Å². The molecule has 7 heteroatoms. The molecular formula is C29H31N3O3S. The van der Waals surface area contributed by atoms with Gasteiger partial charge in [-0.2, -0.15) is 0 Å². The van der Waals surface area contributed by atoms with Crippen molar-refractivity contribution >= 4 is 23.1 Å². The molecule has 4 aromatic rings. The number of H-pyrrole nitrogens is 1. The van der Waals surface area contributed by atoms with E-state index in [1.54, 1.807) is 22.9 Å². The van der Waals surface area contributed by atoms with Crippen LogP contribution in [0.3, 0.4) is 0 Å². The first-order valence-corrected chi connectivity index (χ1v) is 13.0. The molecule has 0 amide bonds. The molecule has 0 aliphatic rings. The van der Waals surface area contributed by atoms with Crippen molar-refractivity contribution in [1.29, 1.82) is 0 Å². The van der Waals surface area contributed by atoms with Crippen LogP contribution in [0.4, 0.5) is 11.4 Å². The van der Waals surface area contributed by atoms with Crippen molar-refractivity contribution in [3.05, 3.63) is 105 Å². The summed E-state index contributed by atoms with van der Waals surface area (Å²) in [5.41, 5.74) is 3.63. The second kappa shape index (κ2) is 11.4. The van der Waals surface area contributed by atoms with Gasteiger partial charge in [-0.1, -0.05) is 49.4 Å². The maximum atomic E-state index is 13.1. The topological polar surface area (TPSA) is 78.3 Å². The smallest absolute Gasteiger partial charge is 0.266 e. The lowest BCUT2D eigenvalue weighted by atomic mass is 10.1. The maximum absolute atomic E-state index is 13.1. The molecule has 4 rings (SSSR count). The van der Waals surface area contributed by atoms with Gasteiger partial charge in [-0.15, -0.1) is 0 Å². The molecule has 36 heavy (non-hydrogen) atoms. The van der Waals surface area contributed by atoms with Gasteiger partial charge in [0.05, 0.1) is 0 Å². The van der Waals surface area contributed by atoms with Crippen molar-refractivity contribution < 1.29 is 5.11 Å². The zero-order valence-electron chi connectivity index (χ0n) is 20.8. The molecule has 2 aromatic carbocycles. The third-order valence-corrected chi connectivity index (χ3v) is 7.11. The highest BCUT2D eigenvalue weighted by molar-refractivity contribution is 7.99. The Morgan fingerprint density at radius 1 is 0.972 bits per heavy atom. The molecule has 186 valence electrons. The van der Waals surface area contributed by atoms with Crippen LogP contribution in [0.2, 0.25) is 0 Å². The Bertz CT molecular complexity index is 1440. The lowest BCUT2D eigenvalue weighted by molar-refractivity contribution is 0.458. The number of para-hydroxylation sites is 1. The summed E-state index contributed by atoms with van der Waals surface area (Å²) in [5, 5.41) is 11.4. The van der Waals surface area contributed by atoms with Crippen molar-refractivity contribution in [3.63, 3.8) is 0 Å². The summed E-state index contributed by atoms with van der Waals surface area (Å²) in [7, 11) is 0. The number of aromatic amines is 1. The predicted molar refractivity (Wildman–Crippen MR) is 147 cm³/mol. The summed E-state index contributed by atoms with van der Waals surface area (Å²) in [5.74, 6) is -0.0143. The number of aromatic nitrogens is 2. The highest BCUT2D eigenvalue weighted by Gasteiger charge is 2.23. The van der Waals surface area contributed by atoms with E-state index in [4.69, 9.17) is 0 Å². The minimum atomic E-state index is -0.310. The first-order chi connectivity index (χ1) is 17.4. The number of anilines is 2. The summed E-state index contributed by atoms with van der Waals surface area (Å²) in [4.78, 5) is 31.5. The fourth-order valence-electron chi connectivity index (χ4n) is 4.20. The average Bonchev–Trinajstić information content (AvgIpc) is 2.89. The Kier molecular flexibility index (Phi) is 8.00. The monoisotopic (exact) mass is 501 g/mol. The molecule has 0 radical (unpaired) electrons. The predicted octanol–water partition coefficient (Wildman–Crippen LogP) is 6.19. The maximum Gasteiger partial charge on any atom is 0.266 e. The van der Waals surface area contributed by atoms with Crippen LogP contribution in [0, 0.1) is 6.92 Å². The fraction of sp³-hybridized carbons (Fsp3) is 0.241. The lowest BCUT2D eigenvalue weighted by Gasteiger charge is -2.27. The van der Waals surface area contributed by atoms with Gasteiger partial charge in [0.25, 0.3) is 11.1 Å². The lowest BCUT2D eigenvalue weighted by Crippen LogP contribution is -2.22. The molecule has 0 bridgehead atoms. The van der Waals surface area contributed by atoms with E-state index < -0.39 is 0 Å². The third-order valence-electron chi connectivity index (χ3n) is 6.02. The van der Waals surface area contributed by atoms with Crippen LogP contribution in [0.1, 0.15) is 37.9 Å². The van der Waals surface area contributed by atoms with E-state index in [1.165, 1.54) is 11.8 Å². The van der Waals surface area contributed by atoms with Gasteiger partial charge in [-0.3, -0.25) is 14.2 Å². The Balaban J connectivity index is 1.74. The standard InChI is InChI=1S/C29H31N3O3S/c1-4-6-12-24-26(31(5-2)21-10-8-7-9-11-21)27(34)28(29(35)30-24)36-23-16-14-22(15-17-23)32-19-20(3)13-18-25(32)33/h7-11,13-19H,4-6,12H2,1-3H3,(H2,30,34,35). The molecule has 0 spiro atoms. The van der Waals surface area contributed by atoms with Gasteiger partial charge in [0, 0.05) is 40.8 Å². The Labute approximate surface area is 215 Å². The van der Waals surface area contributed by atoms with Gasteiger partial charge in [0.2, 0.25) is 0 Å². The number of rotatable bonds is 9. The zero-order valence-corrected chi connectivity index (χ0v) is 21.6. The minimum absolute atomic E-state index is 0.0143. The van der Waals surface area contributed by atoms with Crippen LogP contribution >= 0.6 is 11.8 Å². The second-order valence-corrected chi connectivity index (χ2v) is 9.74. The van der Waals surface area contributed by atoms with E-state index in [2.05, 4.69) is 11.9 Å². The summed E-state index contributed by atoms with van der Waals surface area (Å²) in [6.07, 6.45) is 4.35. The van der Waals surface area contributed by atoms with E-state index in [0.29, 0.717) is 18.7 Å². The number of hydrogen-bond acceptors (Lipinski definition) is 5. The highest BCUT2D eigenvalue weighted by atomic mass is 32.2. The van der Waals surface area contributed by atoms with Crippen LogP contribution in [0.15, 0.2) is 92.3 Å². The number of aryl methyl sites for hydroxylation is 2. The second-order valence-electron chi connectivity index (χ2n) is 8.65. The molecule has 0 unspecified atom stereocenters. The number of nitrogens with one attached hydrogen (secondary N) is 1. The Morgan fingerprint density at radius 2 is 1.69 bits per heavy atom. The molecule has 0 aliphatic heterocycles. The van der Waals surface area contributed by atoms with Crippen molar-refractivity contribution in [2.24, 2.45) is 0 Å². The van der Waals surface area contributed by atoms with Crippen molar-refractivity contribution in [2.75, 3.05) is 11.4 Å². The number of unbranched alkanes of at least 4 members (excludes halogenated alkanes) is 1. The fourth-order valence-corrected chi connectivity index (χ4v) is 5.04. The molecule has 0 saturated carbocycles. The molecule has 0 saturated heterocycles. The summed E-state index contributed by atoms with van der Waals surface area (Å²) < 4.78 is 1.59. The first kappa shape index (κ1) is 25.4. The number of pyridine rings is 2. The SMILES string of the molecule is CCCCc1[nH]c(=O)c(Sc2ccc(-n3cc(C)ccc3=O)cc2)c(O)c1N(CC)c1ccccc1. The van der Waals surface area contributed by atoms with Crippen LogP contribution in [-0.4, -0.2) is 21.2 Å². The van der Waals surface area contributed by atoms with E-state index in [-0.39, 0.29) is 21.8 Å². The molecule has 2 aromatic heterocycles. The van der Waals surface area contributed by atoms with Crippen LogP contribution in [0.5, 0.6) is 5.75 Å². The summed E-state index contributed by atoms with van der Waals surface area (Å²) >= 11 is 1.21. The van der Waals surface area contributed by atoms with Gasteiger partial charge >= 0.3 is 0 Å². The number of nitrogens with zero attached hydrogens (tertiary/aromatic N) is 2. The van der Waals surface area contributed by atoms with Crippen LogP contribution in [0.25, 0.3) is 5.69 Å². The van der Waals surface area contributed by atoms with Gasteiger partial charge in [0.15, 0.2) is 5.75 Å². The Morgan fingerprint density at radius 3 is 2.36 bits per heavy atom. The number of benzene rings is 2. The molecule has 0 aliphatic carbocycles. The quantitative estimate of drug-likeness (QED) is 0.286. The molecular weight excluding hydrogens is 470 g/mol. The Hall–Kier alpha value is -3.71. The van der Waals surface area contributed by atoms with E-state index >= 15 is 0 Å².